The maximum Gasteiger partial charge on any atom is 0.271 e. The van der Waals surface area contributed by atoms with E-state index in [4.69, 9.17) is 0 Å². The van der Waals surface area contributed by atoms with Crippen molar-refractivity contribution < 1.29 is 14.1 Å². The summed E-state index contributed by atoms with van der Waals surface area (Å²) in [6.45, 7) is 3.39. The molecule has 0 radical (unpaired) electrons. The van der Waals surface area contributed by atoms with Crippen LogP contribution in [-0.2, 0) is 5.72 Å². The molecule has 2 heterocycles. The molecule has 1 atom stereocenters. The first-order chi connectivity index (χ1) is 11.6. The summed E-state index contributed by atoms with van der Waals surface area (Å²) in [5, 5.41) is 11.5. The van der Waals surface area contributed by atoms with E-state index in [0.29, 0.717) is 6.54 Å². The summed E-state index contributed by atoms with van der Waals surface area (Å²) in [5.74, 6) is 0.890. The minimum Gasteiger partial charge on any atom is -0.346 e. The molecule has 0 saturated carbocycles. The monoisotopic (exact) mass is 325 g/mol. The standard InChI is InChI=1S/C20H22FN2O/c1-15-6-2-3-7-18(15)22-14-20(24,16-9-11-17(21)12-10-16)23-13-5-4-8-19(22)23/h2-3,6-7,9-12,24H,4-5,8,13-14H2,1H3/q+1/t20-/m1/s1. The second kappa shape index (κ2) is 5.71. The number of halogens is 1. The molecule has 0 aliphatic carbocycles. The van der Waals surface area contributed by atoms with E-state index in [0.717, 1.165) is 37.1 Å². The molecule has 124 valence electrons. The van der Waals surface area contributed by atoms with Crippen LogP contribution in [0.5, 0.6) is 0 Å². The van der Waals surface area contributed by atoms with Gasteiger partial charge in [-0.3, -0.25) is 0 Å². The van der Waals surface area contributed by atoms with Gasteiger partial charge >= 0.3 is 0 Å². The molecule has 0 unspecified atom stereocenters. The van der Waals surface area contributed by atoms with Crippen LogP contribution >= 0.6 is 0 Å². The van der Waals surface area contributed by atoms with E-state index in [2.05, 4.69) is 28.5 Å². The summed E-state index contributed by atoms with van der Waals surface area (Å²) in [4.78, 5) is 2.23. The molecule has 2 aromatic carbocycles. The third-order valence-corrected chi connectivity index (χ3v) is 5.19. The second-order valence-electron chi connectivity index (χ2n) is 6.72. The van der Waals surface area contributed by atoms with Crippen molar-refractivity contribution in [2.75, 3.05) is 18.0 Å². The van der Waals surface area contributed by atoms with Gasteiger partial charge in [-0.25, -0.2) is 13.9 Å². The van der Waals surface area contributed by atoms with Crippen LogP contribution in [-0.4, -0.2) is 28.6 Å². The molecule has 3 nitrogen and oxygen atoms in total. The molecule has 2 aliphatic heterocycles. The molecule has 0 saturated heterocycles. The highest BCUT2D eigenvalue weighted by Crippen LogP contribution is 2.36. The lowest BCUT2D eigenvalue weighted by Gasteiger charge is -2.24. The Morgan fingerprint density at radius 3 is 2.58 bits per heavy atom. The van der Waals surface area contributed by atoms with Crippen LogP contribution in [0.2, 0.25) is 0 Å². The van der Waals surface area contributed by atoms with Crippen molar-refractivity contribution in [3.8, 4) is 0 Å². The van der Waals surface area contributed by atoms with E-state index in [1.807, 2.05) is 12.1 Å². The van der Waals surface area contributed by atoms with Crippen molar-refractivity contribution in [2.45, 2.75) is 31.9 Å². The smallest absolute Gasteiger partial charge is 0.271 e. The summed E-state index contributed by atoms with van der Waals surface area (Å²) in [5.41, 5.74) is 1.97. The maximum atomic E-state index is 13.3. The first-order valence-corrected chi connectivity index (χ1v) is 8.55. The molecule has 24 heavy (non-hydrogen) atoms. The van der Waals surface area contributed by atoms with Crippen molar-refractivity contribution in [1.29, 1.82) is 0 Å². The Kier molecular flexibility index (Phi) is 3.65. The van der Waals surface area contributed by atoms with Crippen molar-refractivity contribution in [2.24, 2.45) is 0 Å². The van der Waals surface area contributed by atoms with Crippen LogP contribution in [0, 0.1) is 12.7 Å². The summed E-state index contributed by atoms with van der Waals surface area (Å²) in [7, 11) is 0. The van der Waals surface area contributed by atoms with E-state index < -0.39 is 5.72 Å². The molecule has 4 rings (SSSR count). The van der Waals surface area contributed by atoms with Crippen molar-refractivity contribution in [3.05, 3.63) is 65.5 Å². The molecule has 2 aliphatic rings. The molecule has 0 bridgehead atoms. The predicted molar refractivity (Wildman–Crippen MR) is 92.8 cm³/mol. The molecular formula is C20H22FN2O+. The first-order valence-electron chi connectivity index (χ1n) is 8.55. The third kappa shape index (κ3) is 2.33. The van der Waals surface area contributed by atoms with E-state index in [9.17, 15) is 9.50 Å². The Morgan fingerprint density at radius 2 is 1.83 bits per heavy atom. The number of nitrogens with zero attached hydrogens (tertiary/aromatic N) is 2. The Morgan fingerprint density at radius 1 is 1.08 bits per heavy atom. The number of aliphatic hydroxyl groups is 1. The van der Waals surface area contributed by atoms with Gasteiger partial charge in [0.1, 0.15) is 11.5 Å². The molecule has 0 spiro atoms. The van der Waals surface area contributed by atoms with E-state index in [-0.39, 0.29) is 5.82 Å². The van der Waals surface area contributed by atoms with E-state index >= 15 is 0 Å². The molecule has 4 heteroatoms. The third-order valence-electron chi connectivity index (χ3n) is 5.19. The summed E-state index contributed by atoms with van der Waals surface area (Å²) < 4.78 is 15.4. The molecular weight excluding hydrogens is 303 g/mol. The van der Waals surface area contributed by atoms with Gasteiger partial charge < -0.3 is 5.11 Å². The summed E-state index contributed by atoms with van der Waals surface area (Å²) >= 11 is 0. The van der Waals surface area contributed by atoms with Gasteiger partial charge in [-0.2, -0.15) is 0 Å². The van der Waals surface area contributed by atoms with Crippen LogP contribution in [0.25, 0.3) is 0 Å². The molecule has 0 fully saturated rings. The largest absolute Gasteiger partial charge is 0.346 e. The summed E-state index contributed by atoms with van der Waals surface area (Å²) in [6, 6.07) is 14.5. The van der Waals surface area contributed by atoms with Crippen LogP contribution < -0.4 is 4.90 Å². The van der Waals surface area contributed by atoms with Gasteiger partial charge in [-0.15, -0.1) is 0 Å². The number of hydrogen-bond donors (Lipinski definition) is 1. The molecule has 0 aromatic heterocycles. The number of rotatable bonds is 2. The lowest BCUT2D eigenvalue weighted by atomic mass is 10.0. The average molecular weight is 325 g/mol. The highest BCUT2D eigenvalue weighted by atomic mass is 19.1. The van der Waals surface area contributed by atoms with Crippen LogP contribution in [0.4, 0.5) is 10.1 Å². The van der Waals surface area contributed by atoms with Gasteiger partial charge in [0.2, 0.25) is 0 Å². The van der Waals surface area contributed by atoms with Crippen LogP contribution in [0.1, 0.15) is 30.4 Å². The Balaban J connectivity index is 1.82. The van der Waals surface area contributed by atoms with Gasteiger partial charge in [0.15, 0.2) is 6.54 Å². The number of amidine groups is 1. The lowest BCUT2D eigenvalue weighted by Crippen LogP contribution is -2.41. The zero-order valence-electron chi connectivity index (χ0n) is 13.9. The zero-order valence-corrected chi connectivity index (χ0v) is 13.9. The minimum absolute atomic E-state index is 0.279. The normalized spacial score (nSPS) is 23.5. The highest BCUT2D eigenvalue weighted by molar-refractivity contribution is 5.96. The Bertz CT molecular complexity index is 800. The fourth-order valence-corrected chi connectivity index (χ4v) is 3.95. The number of hydrogen-bond acceptors (Lipinski definition) is 2. The first kappa shape index (κ1) is 15.3. The highest BCUT2D eigenvalue weighted by Gasteiger charge is 2.52. The Hall–Kier alpha value is -2.20. The number of benzene rings is 2. The number of para-hydroxylation sites is 1. The van der Waals surface area contributed by atoms with Gasteiger partial charge in [0, 0.05) is 12.0 Å². The fourth-order valence-electron chi connectivity index (χ4n) is 3.95. The van der Waals surface area contributed by atoms with Gasteiger partial charge in [0.05, 0.1) is 6.54 Å². The minimum atomic E-state index is -1.11. The fraction of sp³-hybridized carbons (Fsp3) is 0.350. The zero-order chi connectivity index (χ0) is 16.7. The SMILES string of the molecule is Cc1ccccc1N1C[C@@](O)(c2ccc(F)cc2)[N+]2=C1CCCC2. The Labute approximate surface area is 141 Å². The van der Waals surface area contributed by atoms with Gasteiger partial charge in [0.25, 0.3) is 11.6 Å². The topological polar surface area (TPSA) is 26.5 Å². The quantitative estimate of drug-likeness (QED) is 0.857. The van der Waals surface area contributed by atoms with E-state index in [1.54, 1.807) is 12.1 Å². The number of anilines is 1. The maximum absolute atomic E-state index is 13.3. The van der Waals surface area contributed by atoms with E-state index in [1.165, 1.54) is 23.5 Å². The van der Waals surface area contributed by atoms with Gasteiger partial charge in [-0.05, 0) is 55.7 Å². The van der Waals surface area contributed by atoms with Gasteiger partial charge in [-0.1, -0.05) is 18.2 Å². The molecule has 0 amide bonds. The van der Waals surface area contributed by atoms with Crippen LogP contribution in [0.15, 0.2) is 48.5 Å². The molecule has 1 N–H and O–H groups in total. The van der Waals surface area contributed by atoms with Crippen molar-refractivity contribution in [1.82, 2.24) is 0 Å². The predicted octanol–water partition coefficient (Wildman–Crippen LogP) is 3.39. The lowest BCUT2D eigenvalue weighted by molar-refractivity contribution is -0.661. The summed E-state index contributed by atoms with van der Waals surface area (Å²) in [6.07, 6.45) is 3.15. The number of β-amino-alcohol motifs (C(OH)–C–C–N with tert-alkyl or cyclic N) is 1. The van der Waals surface area contributed by atoms with Crippen molar-refractivity contribution >= 4 is 11.5 Å². The van der Waals surface area contributed by atoms with Crippen molar-refractivity contribution in [3.63, 3.8) is 0 Å². The molecule has 2 aromatic rings. The number of aryl methyl sites for hydroxylation is 1. The van der Waals surface area contributed by atoms with Crippen LogP contribution in [0.3, 0.4) is 0 Å². The second-order valence-corrected chi connectivity index (χ2v) is 6.72. The average Bonchev–Trinajstić information content (AvgIpc) is 2.90.